The SMILES string of the molecule is CC[NH2+]CC(=O)OC(C)(C)C. The lowest BCUT2D eigenvalue weighted by Gasteiger charge is -2.18. The van der Waals surface area contributed by atoms with Gasteiger partial charge in [-0.15, -0.1) is 0 Å². The van der Waals surface area contributed by atoms with Gasteiger partial charge in [0, 0.05) is 0 Å². The van der Waals surface area contributed by atoms with Crippen molar-refractivity contribution in [1.82, 2.24) is 0 Å². The van der Waals surface area contributed by atoms with Crippen LogP contribution < -0.4 is 5.32 Å². The van der Waals surface area contributed by atoms with Crippen LogP contribution in [0.5, 0.6) is 0 Å². The second-order valence-corrected chi connectivity index (χ2v) is 3.49. The fourth-order valence-corrected chi connectivity index (χ4v) is 0.645. The standard InChI is InChI=1S/C8H17NO2/c1-5-9-6-7(10)11-8(2,3)4/h9H,5-6H2,1-4H3/p+1. The summed E-state index contributed by atoms with van der Waals surface area (Å²) >= 11 is 0. The fourth-order valence-electron chi connectivity index (χ4n) is 0.645. The van der Waals surface area contributed by atoms with Crippen molar-refractivity contribution < 1.29 is 14.8 Å². The minimum absolute atomic E-state index is 0.139. The minimum atomic E-state index is -0.349. The molecular weight excluding hydrogens is 142 g/mol. The number of nitrogens with two attached hydrogens (primary N) is 1. The molecule has 0 aromatic carbocycles. The van der Waals surface area contributed by atoms with Gasteiger partial charge in [-0.3, -0.25) is 0 Å². The van der Waals surface area contributed by atoms with E-state index in [0.717, 1.165) is 6.54 Å². The van der Waals surface area contributed by atoms with Crippen molar-refractivity contribution in [1.29, 1.82) is 0 Å². The molecular formula is C8H18NO2+. The molecule has 0 fully saturated rings. The molecule has 66 valence electrons. The van der Waals surface area contributed by atoms with E-state index in [1.807, 2.05) is 33.0 Å². The molecule has 0 aliphatic carbocycles. The van der Waals surface area contributed by atoms with E-state index in [0.29, 0.717) is 6.54 Å². The summed E-state index contributed by atoms with van der Waals surface area (Å²) < 4.78 is 5.07. The number of quaternary nitrogens is 1. The summed E-state index contributed by atoms with van der Waals surface area (Å²) in [6, 6.07) is 0. The van der Waals surface area contributed by atoms with Crippen LogP contribution in [0.4, 0.5) is 0 Å². The van der Waals surface area contributed by atoms with Gasteiger partial charge in [-0.2, -0.15) is 0 Å². The number of esters is 1. The zero-order valence-corrected chi connectivity index (χ0v) is 7.81. The van der Waals surface area contributed by atoms with Gasteiger partial charge in [-0.25, -0.2) is 4.79 Å². The highest BCUT2D eigenvalue weighted by molar-refractivity contribution is 5.70. The molecule has 0 aromatic heterocycles. The topological polar surface area (TPSA) is 42.9 Å². The molecule has 0 saturated carbocycles. The highest BCUT2D eigenvalue weighted by Crippen LogP contribution is 2.05. The number of carbonyl (C=O) groups is 1. The highest BCUT2D eigenvalue weighted by atomic mass is 16.6. The largest absolute Gasteiger partial charge is 0.456 e. The first-order valence-electron chi connectivity index (χ1n) is 3.99. The van der Waals surface area contributed by atoms with Gasteiger partial charge in [-0.1, -0.05) is 0 Å². The van der Waals surface area contributed by atoms with E-state index in [2.05, 4.69) is 0 Å². The van der Waals surface area contributed by atoms with E-state index in [-0.39, 0.29) is 11.6 Å². The quantitative estimate of drug-likeness (QED) is 0.586. The third kappa shape index (κ3) is 7.33. The first-order chi connectivity index (χ1) is 4.95. The number of likely N-dealkylation sites (N-methyl/N-ethyl adjacent to an activating group) is 1. The number of hydrogen-bond acceptors (Lipinski definition) is 2. The van der Waals surface area contributed by atoms with Crippen LogP contribution in [-0.2, 0) is 9.53 Å². The smallest absolute Gasteiger partial charge is 0.362 e. The molecule has 0 aliphatic heterocycles. The lowest BCUT2D eigenvalue weighted by Crippen LogP contribution is -2.85. The number of ether oxygens (including phenoxy) is 1. The molecule has 0 aromatic rings. The van der Waals surface area contributed by atoms with Crippen LogP contribution in [0.25, 0.3) is 0 Å². The van der Waals surface area contributed by atoms with E-state index in [4.69, 9.17) is 4.74 Å². The Morgan fingerprint density at radius 1 is 1.45 bits per heavy atom. The molecule has 0 aliphatic rings. The molecule has 0 unspecified atom stereocenters. The summed E-state index contributed by atoms with van der Waals surface area (Å²) in [5.41, 5.74) is -0.349. The van der Waals surface area contributed by atoms with Crippen LogP contribution in [0.1, 0.15) is 27.7 Å². The van der Waals surface area contributed by atoms with Crippen molar-refractivity contribution in [3.63, 3.8) is 0 Å². The summed E-state index contributed by atoms with van der Waals surface area (Å²) in [6.45, 7) is 8.96. The molecule has 0 amide bonds. The Balaban J connectivity index is 3.53. The summed E-state index contributed by atoms with van der Waals surface area (Å²) in [5, 5.41) is 1.91. The maximum Gasteiger partial charge on any atom is 0.362 e. The molecule has 0 heterocycles. The van der Waals surface area contributed by atoms with Crippen LogP contribution in [0.15, 0.2) is 0 Å². The Labute approximate surface area is 68.1 Å². The Morgan fingerprint density at radius 3 is 2.36 bits per heavy atom. The van der Waals surface area contributed by atoms with Crippen LogP contribution in [0.2, 0.25) is 0 Å². The van der Waals surface area contributed by atoms with Gasteiger partial charge in [0.25, 0.3) is 0 Å². The van der Waals surface area contributed by atoms with Gasteiger partial charge in [-0.05, 0) is 27.7 Å². The van der Waals surface area contributed by atoms with E-state index >= 15 is 0 Å². The predicted octanol–water partition coefficient (Wildman–Crippen LogP) is -0.0886. The van der Waals surface area contributed by atoms with Crippen LogP contribution in [0.3, 0.4) is 0 Å². The van der Waals surface area contributed by atoms with Crippen molar-refractivity contribution in [2.24, 2.45) is 0 Å². The van der Waals surface area contributed by atoms with E-state index in [1.165, 1.54) is 0 Å². The average molecular weight is 160 g/mol. The van der Waals surface area contributed by atoms with E-state index < -0.39 is 0 Å². The van der Waals surface area contributed by atoms with Gasteiger partial charge < -0.3 is 10.1 Å². The summed E-state index contributed by atoms with van der Waals surface area (Å²) in [4.78, 5) is 11.0. The Morgan fingerprint density at radius 2 is 2.00 bits per heavy atom. The molecule has 0 rings (SSSR count). The summed E-state index contributed by atoms with van der Waals surface area (Å²) in [7, 11) is 0. The Hall–Kier alpha value is -0.570. The molecule has 2 N–H and O–H groups in total. The minimum Gasteiger partial charge on any atom is -0.456 e. The van der Waals surface area contributed by atoms with Crippen molar-refractivity contribution in [3.05, 3.63) is 0 Å². The highest BCUT2D eigenvalue weighted by Gasteiger charge is 2.16. The summed E-state index contributed by atoms with van der Waals surface area (Å²) in [6.07, 6.45) is 0. The van der Waals surface area contributed by atoms with Gasteiger partial charge in [0.1, 0.15) is 5.60 Å². The van der Waals surface area contributed by atoms with Gasteiger partial charge in [0.05, 0.1) is 6.54 Å². The third-order valence-corrected chi connectivity index (χ3v) is 1.02. The van der Waals surface area contributed by atoms with Gasteiger partial charge in [0.2, 0.25) is 0 Å². The number of rotatable bonds is 3. The fraction of sp³-hybridized carbons (Fsp3) is 0.875. The first-order valence-corrected chi connectivity index (χ1v) is 3.99. The molecule has 11 heavy (non-hydrogen) atoms. The van der Waals surface area contributed by atoms with Crippen LogP contribution in [0, 0.1) is 0 Å². The van der Waals surface area contributed by atoms with Crippen molar-refractivity contribution in [3.8, 4) is 0 Å². The van der Waals surface area contributed by atoms with E-state index in [1.54, 1.807) is 0 Å². The Kier molecular flexibility index (Phi) is 4.11. The lowest BCUT2D eigenvalue weighted by atomic mass is 10.2. The molecule has 0 radical (unpaired) electrons. The van der Waals surface area contributed by atoms with Crippen molar-refractivity contribution in [2.45, 2.75) is 33.3 Å². The number of carbonyl (C=O) groups excluding carboxylic acids is 1. The molecule has 0 spiro atoms. The average Bonchev–Trinajstić information content (AvgIpc) is 1.79. The molecule has 0 bridgehead atoms. The van der Waals surface area contributed by atoms with Crippen molar-refractivity contribution >= 4 is 5.97 Å². The van der Waals surface area contributed by atoms with Crippen LogP contribution in [-0.4, -0.2) is 24.7 Å². The maximum atomic E-state index is 11.0. The third-order valence-electron chi connectivity index (χ3n) is 1.02. The molecule has 0 atom stereocenters. The lowest BCUT2D eigenvalue weighted by molar-refractivity contribution is -0.642. The Bertz CT molecular complexity index is 127. The monoisotopic (exact) mass is 160 g/mol. The van der Waals surface area contributed by atoms with Crippen molar-refractivity contribution in [2.75, 3.05) is 13.1 Å². The predicted molar refractivity (Wildman–Crippen MR) is 43.2 cm³/mol. The van der Waals surface area contributed by atoms with Gasteiger partial charge >= 0.3 is 5.97 Å². The zero-order chi connectivity index (χ0) is 8.91. The number of hydrogen-bond donors (Lipinski definition) is 1. The normalized spacial score (nSPS) is 11.3. The molecule has 0 saturated heterocycles. The first kappa shape index (κ1) is 10.4. The van der Waals surface area contributed by atoms with E-state index in [9.17, 15) is 4.79 Å². The second kappa shape index (κ2) is 4.34. The second-order valence-electron chi connectivity index (χ2n) is 3.49. The van der Waals surface area contributed by atoms with Crippen LogP contribution >= 0.6 is 0 Å². The molecule has 3 nitrogen and oxygen atoms in total. The zero-order valence-electron chi connectivity index (χ0n) is 7.81. The molecule has 3 heteroatoms. The maximum absolute atomic E-state index is 11.0. The van der Waals surface area contributed by atoms with Gasteiger partial charge in [0.15, 0.2) is 6.54 Å². The summed E-state index contributed by atoms with van der Waals surface area (Å²) in [5.74, 6) is -0.139.